The second-order valence-electron chi connectivity index (χ2n) is 2.77. The zero-order valence-corrected chi connectivity index (χ0v) is 7.73. The summed E-state index contributed by atoms with van der Waals surface area (Å²) in [4.78, 5) is 11.0. The molecule has 0 saturated heterocycles. The lowest BCUT2D eigenvalue weighted by molar-refractivity contribution is -0.121. The van der Waals surface area contributed by atoms with Crippen LogP contribution in [-0.2, 0) is 11.3 Å². The van der Waals surface area contributed by atoms with Crippen LogP contribution in [0, 0.1) is 0 Å². The molecule has 0 bridgehead atoms. The van der Waals surface area contributed by atoms with Gasteiger partial charge in [-0.3, -0.25) is 9.48 Å². The van der Waals surface area contributed by atoms with Crippen LogP contribution in [0.3, 0.4) is 0 Å². The first-order valence-corrected chi connectivity index (χ1v) is 4.43. The topological polar surface area (TPSA) is 59.8 Å². The number of nitrogens with one attached hydrogen (secondary N) is 1. The van der Waals surface area contributed by atoms with Gasteiger partial charge in [-0.15, -0.1) is 5.10 Å². The second-order valence-corrected chi connectivity index (χ2v) is 2.77. The Bertz CT molecular complexity index is 245. The molecule has 0 saturated carbocycles. The molecule has 13 heavy (non-hydrogen) atoms. The molecule has 5 heteroatoms. The molecule has 1 amide bonds. The zero-order chi connectivity index (χ0) is 9.52. The fourth-order valence-corrected chi connectivity index (χ4v) is 0.977. The van der Waals surface area contributed by atoms with Gasteiger partial charge in [0.25, 0.3) is 0 Å². The molecule has 0 radical (unpaired) electrons. The predicted molar refractivity (Wildman–Crippen MR) is 47.9 cm³/mol. The number of rotatable bonds is 5. The van der Waals surface area contributed by atoms with Gasteiger partial charge >= 0.3 is 0 Å². The highest BCUT2D eigenvalue weighted by atomic mass is 16.1. The Hall–Kier alpha value is -1.39. The van der Waals surface area contributed by atoms with Gasteiger partial charge in [-0.25, -0.2) is 0 Å². The minimum absolute atomic E-state index is 0.0996. The van der Waals surface area contributed by atoms with E-state index in [0.717, 1.165) is 6.42 Å². The molecule has 0 unspecified atom stereocenters. The monoisotopic (exact) mass is 182 g/mol. The maximum Gasteiger partial charge on any atom is 0.220 e. The SMILES string of the molecule is CCCC(=O)NCCn1ccnn1. The van der Waals surface area contributed by atoms with Crippen molar-refractivity contribution < 1.29 is 4.79 Å². The first kappa shape index (κ1) is 9.70. The van der Waals surface area contributed by atoms with Crippen LogP contribution < -0.4 is 5.32 Å². The standard InChI is InChI=1S/C8H14N4O/c1-2-3-8(13)9-4-6-12-7-5-10-11-12/h5,7H,2-4,6H2,1H3,(H,9,13). The van der Waals surface area contributed by atoms with Gasteiger partial charge in [0.1, 0.15) is 0 Å². The van der Waals surface area contributed by atoms with E-state index in [-0.39, 0.29) is 5.91 Å². The molecule has 0 atom stereocenters. The van der Waals surface area contributed by atoms with Crippen LogP contribution in [0.25, 0.3) is 0 Å². The summed E-state index contributed by atoms with van der Waals surface area (Å²) in [7, 11) is 0. The average molecular weight is 182 g/mol. The lowest BCUT2D eigenvalue weighted by Gasteiger charge is -2.03. The largest absolute Gasteiger partial charge is 0.354 e. The minimum Gasteiger partial charge on any atom is -0.354 e. The van der Waals surface area contributed by atoms with E-state index >= 15 is 0 Å². The predicted octanol–water partition coefficient (Wildman–Crippen LogP) is 0.194. The van der Waals surface area contributed by atoms with Gasteiger partial charge in [0.15, 0.2) is 0 Å². The number of aromatic nitrogens is 3. The van der Waals surface area contributed by atoms with E-state index in [1.807, 2.05) is 6.92 Å². The Kier molecular flexibility index (Phi) is 3.95. The summed E-state index contributed by atoms with van der Waals surface area (Å²) in [6, 6.07) is 0. The Morgan fingerprint density at radius 3 is 3.08 bits per heavy atom. The number of hydrogen-bond acceptors (Lipinski definition) is 3. The highest BCUT2D eigenvalue weighted by Gasteiger charge is 1.97. The second kappa shape index (κ2) is 5.29. The summed E-state index contributed by atoms with van der Waals surface area (Å²) in [6.45, 7) is 3.27. The molecule has 1 aromatic rings. The first-order chi connectivity index (χ1) is 6.33. The van der Waals surface area contributed by atoms with Gasteiger partial charge in [-0.1, -0.05) is 12.1 Å². The summed E-state index contributed by atoms with van der Waals surface area (Å²) in [5, 5.41) is 10.2. The molecule has 0 aromatic carbocycles. The van der Waals surface area contributed by atoms with E-state index < -0.39 is 0 Å². The fraction of sp³-hybridized carbons (Fsp3) is 0.625. The third kappa shape index (κ3) is 3.68. The number of carbonyl (C=O) groups excluding carboxylic acids is 1. The van der Waals surface area contributed by atoms with Gasteiger partial charge in [-0.05, 0) is 6.42 Å². The third-order valence-electron chi connectivity index (χ3n) is 1.61. The summed E-state index contributed by atoms with van der Waals surface area (Å²) < 4.78 is 1.69. The summed E-state index contributed by atoms with van der Waals surface area (Å²) in [6.07, 6.45) is 4.87. The minimum atomic E-state index is 0.0996. The van der Waals surface area contributed by atoms with Crippen LogP contribution >= 0.6 is 0 Å². The summed E-state index contributed by atoms with van der Waals surface area (Å²) >= 11 is 0. The summed E-state index contributed by atoms with van der Waals surface area (Å²) in [5.74, 6) is 0.0996. The Morgan fingerprint density at radius 2 is 2.46 bits per heavy atom. The average Bonchev–Trinajstić information content (AvgIpc) is 2.57. The van der Waals surface area contributed by atoms with Crippen molar-refractivity contribution >= 4 is 5.91 Å². The number of hydrogen-bond donors (Lipinski definition) is 1. The maximum atomic E-state index is 11.0. The van der Waals surface area contributed by atoms with Gasteiger partial charge < -0.3 is 5.32 Å². The highest BCUT2D eigenvalue weighted by Crippen LogP contribution is 1.85. The van der Waals surface area contributed by atoms with Gasteiger partial charge in [0.05, 0.1) is 12.7 Å². The quantitative estimate of drug-likeness (QED) is 0.707. The van der Waals surface area contributed by atoms with Crippen LogP contribution in [0.1, 0.15) is 19.8 Å². The van der Waals surface area contributed by atoms with Crippen molar-refractivity contribution in [2.75, 3.05) is 6.54 Å². The molecule has 0 aliphatic carbocycles. The maximum absolute atomic E-state index is 11.0. The molecule has 0 aliphatic rings. The molecule has 0 aliphatic heterocycles. The fourth-order valence-electron chi connectivity index (χ4n) is 0.977. The van der Waals surface area contributed by atoms with Crippen LogP contribution in [-0.4, -0.2) is 27.4 Å². The van der Waals surface area contributed by atoms with E-state index in [1.54, 1.807) is 17.1 Å². The molecule has 1 heterocycles. The number of amides is 1. The molecular weight excluding hydrogens is 168 g/mol. The van der Waals surface area contributed by atoms with E-state index in [4.69, 9.17) is 0 Å². The van der Waals surface area contributed by atoms with Crippen molar-refractivity contribution in [3.63, 3.8) is 0 Å². The number of nitrogens with zero attached hydrogens (tertiary/aromatic N) is 3. The van der Waals surface area contributed by atoms with E-state index in [9.17, 15) is 4.79 Å². The lowest BCUT2D eigenvalue weighted by Crippen LogP contribution is -2.26. The van der Waals surface area contributed by atoms with Crippen molar-refractivity contribution in [3.05, 3.63) is 12.4 Å². The Labute approximate surface area is 77.1 Å². The van der Waals surface area contributed by atoms with E-state index in [1.165, 1.54) is 0 Å². The zero-order valence-electron chi connectivity index (χ0n) is 7.73. The molecule has 0 fully saturated rings. The van der Waals surface area contributed by atoms with Gasteiger partial charge in [0, 0.05) is 19.2 Å². The molecular formula is C8H14N4O. The van der Waals surface area contributed by atoms with Crippen LogP contribution in [0.5, 0.6) is 0 Å². The smallest absolute Gasteiger partial charge is 0.220 e. The van der Waals surface area contributed by atoms with Crippen molar-refractivity contribution in [1.29, 1.82) is 0 Å². The highest BCUT2D eigenvalue weighted by molar-refractivity contribution is 5.75. The van der Waals surface area contributed by atoms with Crippen molar-refractivity contribution in [2.45, 2.75) is 26.3 Å². The van der Waals surface area contributed by atoms with Crippen molar-refractivity contribution in [3.8, 4) is 0 Å². The molecule has 1 N–H and O–H groups in total. The summed E-state index contributed by atoms with van der Waals surface area (Å²) in [5.41, 5.74) is 0. The van der Waals surface area contributed by atoms with Gasteiger partial charge in [-0.2, -0.15) is 0 Å². The van der Waals surface area contributed by atoms with Gasteiger partial charge in [0.2, 0.25) is 5.91 Å². The molecule has 72 valence electrons. The first-order valence-electron chi connectivity index (χ1n) is 4.43. The van der Waals surface area contributed by atoms with Crippen LogP contribution in [0.15, 0.2) is 12.4 Å². The third-order valence-corrected chi connectivity index (χ3v) is 1.61. The van der Waals surface area contributed by atoms with E-state index in [2.05, 4.69) is 15.6 Å². The van der Waals surface area contributed by atoms with Crippen LogP contribution in [0.4, 0.5) is 0 Å². The normalized spacial score (nSPS) is 9.92. The van der Waals surface area contributed by atoms with Crippen molar-refractivity contribution in [2.24, 2.45) is 0 Å². The van der Waals surface area contributed by atoms with Crippen LogP contribution in [0.2, 0.25) is 0 Å². The molecule has 5 nitrogen and oxygen atoms in total. The Balaban J connectivity index is 2.11. The Morgan fingerprint density at radius 1 is 1.62 bits per heavy atom. The van der Waals surface area contributed by atoms with E-state index in [0.29, 0.717) is 19.5 Å². The van der Waals surface area contributed by atoms with Crippen molar-refractivity contribution in [1.82, 2.24) is 20.3 Å². The molecule has 1 rings (SSSR count). The molecule has 1 aromatic heterocycles. The molecule has 0 spiro atoms. The number of carbonyl (C=O) groups is 1. The lowest BCUT2D eigenvalue weighted by atomic mass is 10.3.